The zero-order valence-electron chi connectivity index (χ0n) is 21.4. The molecule has 0 bridgehead atoms. The van der Waals surface area contributed by atoms with Gasteiger partial charge in [-0.1, -0.05) is 60.7 Å². The van der Waals surface area contributed by atoms with E-state index in [1.165, 1.54) is 0 Å². The van der Waals surface area contributed by atoms with Gasteiger partial charge in [-0.15, -0.1) is 12.4 Å². The molecule has 10 heteroatoms. The van der Waals surface area contributed by atoms with E-state index in [0.717, 1.165) is 62.8 Å². The van der Waals surface area contributed by atoms with Crippen LogP contribution in [0.4, 0.5) is 4.79 Å². The number of rotatable bonds is 9. The molecule has 5 rings (SSSR count). The number of carbonyl (C=O) groups is 3. The number of fused-ring (bicyclic) bond motifs is 1. The normalized spacial score (nSPS) is 18.7. The van der Waals surface area contributed by atoms with Crippen molar-refractivity contribution in [3.63, 3.8) is 0 Å². The first-order chi connectivity index (χ1) is 18.0. The number of urea groups is 1. The van der Waals surface area contributed by atoms with E-state index < -0.39 is 30.0 Å². The Balaban J connectivity index is 0.00000336. The number of unbranched alkanes of at least 4 members (excludes halogenated alkanes) is 1. The van der Waals surface area contributed by atoms with Gasteiger partial charge in [-0.3, -0.25) is 19.5 Å². The van der Waals surface area contributed by atoms with Gasteiger partial charge in [0.25, 0.3) is 5.91 Å². The monoisotopic (exact) mass is 539 g/mol. The van der Waals surface area contributed by atoms with Gasteiger partial charge < -0.3 is 19.8 Å². The van der Waals surface area contributed by atoms with Crippen LogP contribution in [0.2, 0.25) is 0 Å². The molecule has 3 heterocycles. The molecule has 38 heavy (non-hydrogen) atoms. The third kappa shape index (κ3) is 4.95. The minimum absolute atomic E-state index is 0. The number of carboxylic acid groups (broad SMARTS) is 1. The quantitative estimate of drug-likeness (QED) is 0.388. The van der Waals surface area contributed by atoms with E-state index in [9.17, 15) is 19.5 Å². The van der Waals surface area contributed by atoms with Crippen LogP contribution in [0.3, 0.4) is 0 Å². The molecule has 2 aromatic carbocycles. The number of guanidine groups is 1. The summed E-state index contributed by atoms with van der Waals surface area (Å²) in [5, 5.41) is 9.47. The van der Waals surface area contributed by atoms with Crippen LogP contribution in [-0.2, 0) is 15.1 Å². The number of aliphatic imine (C=N–C) groups is 1. The Hall–Kier alpha value is -3.59. The van der Waals surface area contributed by atoms with Crippen molar-refractivity contribution < 1.29 is 19.5 Å². The minimum Gasteiger partial charge on any atom is -0.480 e. The predicted molar refractivity (Wildman–Crippen MR) is 146 cm³/mol. The summed E-state index contributed by atoms with van der Waals surface area (Å²) in [7, 11) is 0. The lowest BCUT2D eigenvalue weighted by Crippen LogP contribution is -2.52. The van der Waals surface area contributed by atoms with Gasteiger partial charge in [0.05, 0.1) is 0 Å². The molecule has 9 nitrogen and oxygen atoms in total. The highest BCUT2D eigenvalue weighted by atomic mass is 35.5. The molecule has 0 saturated carbocycles. The summed E-state index contributed by atoms with van der Waals surface area (Å²) in [5.74, 6) is -0.664. The number of hydrogen-bond acceptors (Lipinski definition) is 6. The highest BCUT2D eigenvalue weighted by Gasteiger charge is 2.59. The first kappa shape index (κ1) is 27.4. The second-order valence-electron chi connectivity index (χ2n) is 9.73. The second-order valence-corrected chi connectivity index (χ2v) is 9.73. The lowest BCUT2D eigenvalue weighted by atomic mass is 9.81. The average molecular weight is 540 g/mol. The summed E-state index contributed by atoms with van der Waals surface area (Å²) < 4.78 is 0. The van der Waals surface area contributed by atoms with Gasteiger partial charge in [-0.25, -0.2) is 4.79 Å². The number of hydrogen-bond donors (Lipinski definition) is 1. The van der Waals surface area contributed by atoms with Gasteiger partial charge in [0.2, 0.25) is 0 Å². The van der Waals surface area contributed by atoms with E-state index in [-0.39, 0.29) is 12.4 Å². The van der Waals surface area contributed by atoms with Crippen molar-refractivity contribution >= 4 is 36.3 Å². The smallest absolute Gasteiger partial charge is 0.328 e. The Bertz CT molecular complexity index is 1140. The summed E-state index contributed by atoms with van der Waals surface area (Å²) in [6.07, 6.45) is 3.69. The van der Waals surface area contributed by atoms with Crippen LogP contribution in [0.1, 0.15) is 36.8 Å². The van der Waals surface area contributed by atoms with Gasteiger partial charge in [0.15, 0.2) is 11.5 Å². The maximum Gasteiger partial charge on any atom is 0.328 e. The number of imide groups is 1. The number of carboxylic acids is 1. The standard InChI is InChI=1S/C28H33N5O4.ClH/c34-24(35)21-32-25(36)28(22-11-3-1-4-12-22,23-13-5-2-6-14-23)33(27(32)37)20-8-7-16-30-18-10-19-31-17-9-15-29-26(30)31;/h1-6,11-14H,7-10,15-21H2,(H,34,35);1H. The zero-order chi connectivity index (χ0) is 25.8. The number of carbonyl (C=O) groups excluding carboxylic acids is 2. The maximum atomic E-state index is 14.0. The molecule has 0 aliphatic carbocycles. The molecule has 3 aliphatic heterocycles. The van der Waals surface area contributed by atoms with E-state index in [0.29, 0.717) is 24.1 Å². The van der Waals surface area contributed by atoms with Crippen LogP contribution in [0.5, 0.6) is 0 Å². The molecule has 2 fully saturated rings. The molecule has 0 atom stereocenters. The van der Waals surface area contributed by atoms with Crippen molar-refractivity contribution in [3.05, 3.63) is 71.8 Å². The second kappa shape index (κ2) is 11.9. The molecule has 0 radical (unpaired) electrons. The van der Waals surface area contributed by atoms with E-state index in [4.69, 9.17) is 4.99 Å². The molecule has 202 valence electrons. The zero-order valence-corrected chi connectivity index (χ0v) is 22.2. The number of halogens is 1. The Morgan fingerprint density at radius 3 is 2.11 bits per heavy atom. The molecule has 2 aromatic rings. The van der Waals surface area contributed by atoms with Gasteiger partial charge in [0, 0.05) is 39.3 Å². The van der Waals surface area contributed by atoms with E-state index >= 15 is 0 Å². The number of amides is 3. The van der Waals surface area contributed by atoms with Crippen molar-refractivity contribution in [2.24, 2.45) is 4.99 Å². The fraction of sp³-hybridized carbons (Fsp3) is 0.429. The van der Waals surface area contributed by atoms with Gasteiger partial charge >= 0.3 is 12.0 Å². The van der Waals surface area contributed by atoms with Crippen LogP contribution in [0.15, 0.2) is 65.7 Å². The van der Waals surface area contributed by atoms with E-state index in [2.05, 4.69) is 9.80 Å². The summed E-state index contributed by atoms with van der Waals surface area (Å²) in [5.41, 5.74) is -0.115. The summed E-state index contributed by atoms with van der Waals surface area (Å²) in [6.45, 7) is 4.43. The highest BCUT2D eigenvalue weighted by Crippen LogP contribution is 2.43. The SMILES string of the molecule is Cl.O=C(O)CN1C(=O)N(CCCCN2CCCN3CCCN=C23)C(c2ccccc2)(c2ccccc2)C1=O. The Kier molecular flexibility index (Phi) is 8.56. The molecular formula is C28H34ClN5O4. The van der Waals surface area contributed by atoms with Crippen molar-refractivity contribution in [1.29, 1.82) is 0 Å². The van der Waals surface area contributed by atoms with Crippen LogP contribution < -0.4 is 0 Å². The van der Waals surface area contributed by atoms with Gasteiger partial charge in [-0.2, -0.15) is 0 Å². The van der Waals surface area contributed by atoms with E-state index in [1.54, 1.807) is 4.90 Å². The first-order valence-electron chi connectivity index (χ1n) is 13.0. The molecule has 0 unspecified atom stereocenters. The molecule has 3 aliphatic rings. The Morgan fingerprint density at radius 1 is 0.868 bits per heavy atom. The van der Waals surface area contributed by atoms with Crippen molar-refractivity contribution in [2.45, 2.75) is 31.2 Å². The summed E-state index contributed by atoms with van der Waals surface area (Å²) in [6, 6.07) is 17.8. The first-order valence-corrected chi connectivity index (χ1v) is 13.0. The minimum atomic E-state index is -1.41. The van der Waals surface area contributed by atoms with E-state index in [1.807, 2.05) is 60.7 Å². The topological polar surface area (TPSA) is 96.8 Å². The highest BCUT2D eigenvalue weighted by molar-refractivity contribution is 6.11. The third-order valence-corrected chi connectivity index (χ3v) is 7.42. The van der Waals surface area contributed by atoms with Crippen LogP contribution in [0, 0.1) is 0 Å². The Labute approximate surface area is 229 Å². The molecule has 2 saturated heterocycles. The van der Waals surface area contributed by atoms with Crippen molar-refractivity contribution in [3.8, 4) is 0 Å². The maximum absolute atomic E-state index is 14.0. The molecular weight excluding hydrogens is 506 g/mol. The Morgan fingerprint density at radius 2 is 1.47 bits per heavy atom. The largest absolute Gasteiger partial charge is 0.480 e. The molecule has 0 spiro atoms. The van der Waals surface area contributed by atoms with Crippen LogP contribution >= 0.6 is 12.4 Å². The lowest BCUT2D eigenvalue weighted by molar-refractivity contribution is -0.142. The van der Waals surface area contributed by atoms with Crippen LogP contribution in [0.25, 0.3) is 0 Å². The molecule has 0 aromatic heterocycles. The fourth-order valence-electron chi connectivity index (χ4n) is 5.80. The van der Waals surface area contributed by atoms with Crippen LogP contribution in [-0.4, -0.2) is 94.4 Å². The summed E-state index contributed by atoms with van der Waals surface area (Å²) in [4.78, 5) is 51.1. The lowest BCUT2D eigenvalue weighted by Gasteiger charge is -2.41. The fourth-order valence-corrected chi connectivity index (χ4v) is 5.80. The predicted octanol–water partition coefficient (Wildman–Crippen LogP) is 3.25. The molecule has 1 N–H and O–H groups in total. The summed E-state index contributed by atoms with van der Waals surface area (Å²) >= 11 is 0. The third-order valence-electron chi connectivity index (χ3n) is 7.42. The van der Waals surface area contributed by atoms with Crippen molar-refractivity contribution in [1.82, 2.24) is 19.6 Å². The molecule has 3 amide bonds. The number of nitrogens with zero attached hydrogens (tertiary/aromatic N) is 5. The van der Waals surface area contributed by atoms with Crippen molar-refractivity contribution in [2.75, 3.05) is 45.8 Å². The van der Waals surface area contributed by atoms with Gasteiger partial charge in [-0.05, 0) is 36.8 Å². The number of benzene rings is 2. The number of aliphatic carboxylic acids is 1. The van der Waals surface area contributed by atoms with Gasteiger partial charge in [0.1, 0.15) is 6.54 Å². The average Bonchev–Trinajstić information content (AvgIpc) is 3.13.